The second-order valence-electron chi connectivity index (χ2n) is 6.28. The van der Waals surface area contributed by atoms with Crippen LogP contribution in [0.15, 0.2) is 39.6 Å². The van der Waals surface area contributed by atoms with E-state index in [1.54, 1.807) is 28.4 Å². The molecule has 2 amide bonds. The van der Waals surface area contributed by atoms with Gasteiger partial charge in [-0.15, -0.1) is 0 Å². The highest BCUT2D eigenvalue weighted by atomic mass is 32.1. The van der Waals surface area contributed by atoms with Crippen molar-refractivity contribution in [3.8, 4) is 0 Å². The van der Waals surface area contributed by atoms with Gasteiger partial charge in [0.1, 0.15) is 0 Å². The minimum Gasteiger partial charge on any atom is -0.459 e. The summed E-state index contributed by atoms with van der Waals surface area (Å²) in [5.41, 5.74) is 0.550. The molecule has 23 heavy (non-hydrogen) atoms. The smallest absolute Gasteiger partial charge is 0.289 e. The summed E-state index contributed by atoms with van der Waals surface area (Å²) in [4.78, 5) is 29.2. The van der Waals surface area contributed by atoms with Gasteiger partial charge < -0.3 is 14.2 Å². The molecule has 0 bridgehead atoms. The fourth-order valence-electron chi connectivity index (χ4n) is 3.72. The molecule has 2 aliphatic heterocycles. The van der Waals surface area contributed by atoms with Crippen LogP contribution in [0.2, 0.25) is 0 Å². The van der Waals surface area contributed by atoms with Gasteiger partial charge in [-0.1, -0.05) is 0 Å². The molecule has 0 radical (unpaired) electrons. The summed E-state index contributed by atoms with van der Waals surface area (Å²) in [6.45, 7) is 1.91. The van der Waals surface area contributed by atoms with Crippen LogP contribution in [0.5, 0.6) is 0 Å². The average Bonchev–Trinajstić information content (AvgIpc) is 3.31. The Labute approximate surface area is 138 Å². The summed E-state index contributed by atoms with van der Waals surface area (Å²) in [5.74, 6) is 0.394. The third-order valence-corrected chi connectivity index (χ3v) is 5.60. The molecule has 0 aromatic carbocycles. The van der Waals surface area contributed by atoms with Crippen molar-refractivity contribution in [3.63, 3.8) is 0 Å². The third-order valence-electron chi connectivity index (χ3n) is 4.93. The van der Waals surface area contributed by atoms with Crippen LogP contribution >= 0.6 is 11.3 Å². The topological polar surface area (TPSA) is 53.8 Å². The number of furan rings is 1. The first-order valence-electron chi connectivity index (χ1n) is 7.87. The van der Waals surface area contributed by atoms with Crippen LogP contribution in [-0.4, -0.2) is 36.3 Å². The molecule has 2 aliphatic rings. The van der Waals surface area contributed by atoms with E-state index in [0.717, 1.165) is 31.5 Å². The predicted octanol–water partition coefficient (Wildman–Crippen LogP) is 3.00. The maximum atomic E-state index is 13.0. The quantitative estimate of drug-likeness (QED) is 0.850. The first kappa shape index (κ1) is 14.5. The highest BCUT2D eigenvalue weighted by Crippen LogP contribution is 2.42. The number of rotatable bonds is 2. The fourth-order valence-corrected chi connectivity index (χ4v) is 4.36. The minimum absolute atomic E-state index is 0.115. The first-order valence-corrected chi connectivity index (χ1v) is 8.81. The third kappa shape index (κ3) is 2.37. The molecule has 0 aliphatic carbocycles. The van der Waals surface area contributed by atoms with Crippen molar-refractivity contribution in [2.45, 2.75) is 19.3 Å². The highest BCUT2D eigenvalue weighted by molar-refractivity contribution is 7.08. The zero-order valence-corrected chi connectivity index (χ0v) is 13.6. The van der Waals surface area contributed by atoms with Gasteiger partial charge in [0.2, 0.25) is 5.91 Å². The summed E-state index contributed by atoms with van der Waals surface area (Å²) in [5, 5.41) is 3.99. The number of thiophene rings is 1. The molecule has 120 valence electrons. The fraction of sp³-hybridized carbons (Fsp3) is 0.412. The number of piperidine rings is 1. The van der Waals surface area contributed by atoms with Gasteiger partial charge in [0, 0.05) is 25.0 Å². The summed E-state index contributed by atoms with van der Waals surface area (Å²) in [6, 6.07) is 5.37. The van der Waals surface area contributed by atoms with E-state index >= 15 is 0 Å². The number of hydrogen-bond acceptors (Lipinski definition) is 4. The van der Waals surface area contributed by atoms with Gasteiger partial charge in [0.05, 0.1) is 17.4 Å². The molecule has 2 aromatic heterocycles. The highest BCUT2D eigenvalue weighted by Gasteiger charge is 2.50. The maximum absolute atomic E-state index is 13.0. The molecule has 4 heterocycles. The van der Waals surface area contributed by atoms with E-state index in [1.807, 2.05) is 21.7 Å². The van der Waals surface area contributed by atoms with Crippen molar-refractivity contribution in [1.82, 2.24) is 4.90 Å². The maximum Gasteiger partial charge on any atom is 0.289 e. The normalized spacial score (nSPS) is 24.6. The van der Waals surface area contributed by atoms with E-state index in [2.05, 4.69) is 0 Å². The van der Waals surface area contributed by atoms with Crippen molar-refractivity contribution < 1.29 is 14.0 Å². The molecule has 1 spiro atoms. The Morgan fingerprint density at radius 2 is 2.17 bits per heavy atom. The van der Waals surface area contributed by atoms with Crippen molar-refractivity contribution in [2.24, 2.45) is 5.41 Å². The van der Waals surface area contributed by atoms with Crippen molar-refractivity contribution >= 4 is 28.8 Å². The lowest BCUT2D eigenvalue weighted by atomic mass is 9.78. The van der Waals surface area contributed by atoms with E-state index in [1.165, 1.54) is 6.26 Å². The molecule has 6 heteroatoms. The molecular formula is C17H18N2O3S. The van der Waals surface area contributed by atoms with E-state index in [-0.39, 0.29) is 11.8 Å². The Morgan fingerprint density at radius 3 is 2.91 bits per heavy atom. The Morgan fingerprint density at radius 1 is 1.26 bits per heavy atom. The van der Waals surface area contributed by atoms with Crippen LogP contribution < -0.4 is 4.90 Å². The number of anilines is 1. The zero-order valence-electron chi connectivity index (χ0n) is 12.7. The van der Waals surface area contributed by atoms with Crippen molar-refractivity contribution in [1.29, 1.82) is 0 Å². The Balaban J connectivity index is 1.55. The van der Waals surface area contributed by atoms with Gasteiger partial charge in [-0.2, -0.15) is 11.3 Å². The van der Waals surface area contributed by atoms with E-state index in [4.69, 9.17) is 4.42 Å². The van der Waals surface area contributed by atoms with Crippen LogP contribution in [0, 0.1) is 5.41 Å². The summed E-state index contributed by atoms with van der Waals surface area (Å²) >= 11 is 1.60. The summed E-state index contributed by atoms with van der Waals surface area (Å²) < 4.78 is 5.22. The molecule has 2 fully saturated rings. The second-order valence-corrected chi connectivity index (χ2v) is 7.06. The van der Waals surface area contributed by atoms with Gasteiger partial charge in [-0.3, -0.25) is 9.59 Å². The largest absolute Gasteiger partial charge is 0.459 e. The molecule has 4 rings (SSSR count). The van der Waals surface area contributed by atoms with Gasteiger partial charge in [0.25, 0.3) is 5.91 Å². The molecule has 0 saturated carbocycles. The minimum atomic E-state index is -0.428. The molecule has 5 nitrogen and oxygen atoms in total. The predicted molar refractivity (Wildman–Crippen MR) is 87.6 cm³/mol. The standard InChI is InChI=1S/C17H18N2O3S/c20-15(14-3-1-9-22-14)18-7-2-5-17(12-18)6-8-19(16(17)21)13-4-10-23-11-13/h1,3-4,9-11H,2,5-8,12H2/t17-/m0/s1. The van der Waals surface area contributed by atoms with Crippen LogP contribution in [0.1, 0.15) is 29.8 Å². The van der Waals surface area contributed by atoms with E-state index < -0.39 is 5.41 Å². The molecule has 0 N–H and O–H groups in total. The lowest BCUT2D eigenvalue weighted by Crippen LogP contribution is -2.49. The van der Waals surface area contributed by atoms with Gasteiger partial charge in [-0.05, 0) is 42.8 Å². The van der Waals surface area contributed by atoms with Crippen molar-refractivity contribution in [3.05, 3.63) is 41.0 Å². The number of likely N-dealkylation sites (tertiary alicyclic amines) is 1. The monoisotopic (exact) mass is 330 g/mol. The number of carbonyl (C=O) groups excluding carboxylic acids is 2. The van der Waals surface area contributed by atoms with Gasteiger partial charge >= 0.3 is 0 Å². The van der Waals surface area contributed by atoms with E-state index in [9.17, 15) is 9.59 Å². The summed E-state index contributed by atoms with van der Waals surface area (Å²) in [6.07, 6.45) is 4.03. The lowest BCUT2D eigenvalue weighted by Gasteiger charge is -2.38. The number of amides is 2. The van der Waals surface area contributed by atoms with Gasteiger partial charge in [0.15, 0.2) is 5.76 Å². The van der Waals surface area contributed by atoms with Crippen LogP contribution in [0.25, 0.3) is 0 Å². The lowest BCUT2D eigenvalue weighted by molar-refractivity contribution is -0.127. The van der Waals surface area contributed by atoms with Crippen LogP contribution in [0.4, 0.5) is 5.69 Å². The average molecular weight is 330 g/mol. The van der Waals surface area contributed by atoms with Crippen molar-refractivity contribution in [2.75, 3.05) is 24.5 Å². The number of carbonyl (C=O) groups is 2. The Bertz CT molecular complexity index is 710. The molecule has 2 aromatic rings. The molecule has 1 atom stereocenters. The van der Waals surface area contributed by atoms with E-state index in [0.29, 0.717) is 18.8 Å². The summed E-state index contributed by atoms with van der Waals surface area (Å²) in [7, 11) is 0. The molecule has 0 unspecified atom stereocenters. The first-order chi connectivity index (χ1) is 11.2. The van der Waals surface area contributed by atoms with Crippen LogP contribution in [0.3, 0.4) is 0 Å². The zero-order chi connectivity index (χ0) is 15.9. The number of hydrogen-bond donors (Lipinski definition) is 0. The molecule has 2 saturated heterocycles. The van der Waals surface area contributed by atoms with Gasteiger partial charge in [-0.25, -0.2) is 0 Å². The second kappa shape index (κ2) is 5.53. The SMILES string of the molecule is O=C(c1ccco1)N1CCC[C@]2(CCN(c3ccsc3)C2=O)C1. The van der Waals surface area contributed by atoms with Crippen LogP contribution in [-0.2, 0) is 4.79 Å². The number of nitrogens with zero attached hydrogens (tertiary/aromatic N) is 2. The Hall–Kier alpha value is -2.08. The molecular weight excluding hydrogens is 312 g/mol. The Kier molecular flexibility index (Phi) is 3.49.